The number of Topliss-reactive ketones (excluding diaryl/α,β-unsaturated/α-hetero) is 1. The van der Waals surface area contributed by atoms with E-state index in [1.54, 1.807) is 0 Å². The van der Waals surface area contributed by atoms with Crippen LogP contribution in [0.3, 0.4) is 0 Å². The highest BCUT2D eigenvalue weighted by atomic mass is 32.2. The zero-order valence-electron chi connectivity index (χ0n) is 10.5. The Morgan fingerprint density at radius 1 is 1.13 bits per heavy atom. The number of carbonyl (C=O) groups is 1. The first-order chi connectivity index (χ1) is 6.73. The van der Waals surface area contributed by atoms with Crippen LogP contribution in [0.5, 0.6) is 0 Å². The lowest BCUT2D eigenvalue weighted by atomic mass is 9.93. The van der Waals surface area contributed by atoms with Gasteiger partial charge in [-0.15, -0.1) is 11.8 Å². The minimum absolute atomic E-state index is 0.0737. The lowest BCUT2D eigenvalue weighted by molar-refractivity contribution is -0.123. The summed E-state index contributed by atoms with van der Waals surface area (Å²) in [5.41, 5.74) is 0.409. The number of ketones is 1. The molecule has 1 saturated carbocycles. The highest BCUT2D eigenvalue weighted by Crippen LogP contribution is 2.70. The summed E-state index contributed by atoms with van der Waals surface area (Å²) in [6.45, 7) is 11.1. The van der Waals surface area contributed by atoms with Gasteiger partial charge in [0.15, 0.2) is 5.78 Å². The lowest BCUT2D eigenvalue weighted by Gasteiger charge is -2.22. The normalized spacial score (nSPS) is 37.9. The Kier molecular flexibility index (Phi) is 2.32. The van der Waals surface area contributed by atoms with Gasteiger partial charge in [0.2, 0.25) is 0 Å². The van der Waals surface area contributed by atoms with E-state index < -0.39 is 0 Å². The van der Waals surface area contributed by atoms with Crippen molar-refractivity contribution in [1.29, 1.82) is 0 Å². The van der Waals surface area contributed by atoms with Crippen LogP contribution in [0.25, 0.3) is 0 Å². The monoisotopic (exact) mass is 226 g/mol. The Hall–Kier alpha value is 0.0200. The fraction of sp³-hybridized carbons (Fsp3) is 0.923. The van der Waals surface area contributed by atoms with Gasteiger partial charge in [0.25, 0.3) is 0 Å². The molecule has 1 nitrogen and oxygen atoms in total. The third kappa shape index (κ3) is 1.40. The Morgan fingerprint density at radius 3 is 2.00 bits per heavy atom. The average molecular weight is 226 g/mol. The van der Waals surface area contributed by atoms with E-state index >= 15 is 0 Å². The number of hydrogen-bond acceptors (Lipinski definition) is 2. The first-order valence-corrected chi connectivity index (χ1v) is 6.90. The summed E-state index contributed by atoms with van der Waals surface area (Å²) in [7, 11) is 0. The van der Waals surface area contributed by atoms with Crippen LogP contribution in [0.1, 0.15) is 47.5 Å². The molecule has 1 atom stereocenters. The van der Waals surface area contributed by atoms with Crippen LogP contribution in [0.4, 0.5) is 0 Å². The summed E-state index contributed by atoms with van der Waals surface area (Å²) < 4.78 is -0.0737. The topological polar surface area (TPSA) is 17.1 Å². The van der Waals surface area contributed by atoms with Gasteiger partial charge in [-0.05, 0) is 36.3 Å². The molecule has 0 spiro atoms. The molecule has 15 heavy (non-hydrogen) atoms. The molecule has 0 amide bonds. The summed E-state index contributed by atoms with van der Waals surface area (Å²) in [4.78, 5) is 12.5. The highest BCUT2D eigenvalue weighted by Gasteiger charge is 2.69. The van der Waals surface area contributed by atoms with Gasteiger partial charge < -0.3 is 0 Å². The van der Waals surface area contributed by atoms with Crippen LogP contribution < -0.4 is 0 Å². The van der Waals surface area contributed by atoms with Crippen molar-refractivity contribution < 1.29 is 4.79 Å². The molecular weight excluding hydrogens is 204 g/mol. The maximum Gasteiger partial charge on any atom is 0.152 e. The zero-order valence-corrected chi connectivity index (χ0v) is 11.3. The molecule has 2 heteroatoms. The maximum absolute atomic E-state index is 12.5. The Labute approximate surface area is 97.4 Å². The van der Waals surface area contributed by atoms with Crippen LogP contribution in [0, 0.1) is 16.7 Å². The van der Waals surface area contributed by atoms with Crippen molar-refractivity contribution in [2.75, 3.05) is 5.75 Å². The lowest BCUT2D eigenvalue weighted by Crippen LogP contribution is -2.32. The highest BCUT2D eigenvalue weighted by molar-refractivity contribution is 8.01. The van der Waals surface area contributed by atoms with Gasteiger partial charge in [-0.25, -0.2) is 0 Å². The van der Waals surface area contributed by atoms with E-state index in [2.05, 4.69) is 34.6 Å². The second-order valence-electron chi connectivity index (χ2n) is 6.42. The molecule has 1 aliphatic carbocycles. The van der Waals surface area contributed by atoms with Crippen molar-refractivity contribution in [2.45, 2.75) is 52.2 Å². The van der Waals surface area contributed by atoms with E-state index in [0.717, 1.165) is 12.2 Å². The predicted molar refractivity (Wildman–Crippen MR) is 66.2 cm³/mol. The summed E-state index contributed by atoms with van der Waals surface area (Å²) in [5, 5.41) is 0. The summed E-state index contributed by atoms with van der Waals surface area (Å²) >= 11 is 1.87. The first-order valence-electron chi connectivity index (χ1n) is 5.92. The van der Waals surface area contributed by atoms with Crippen molar-refractivity contribution in [3.05, 3.63) is 0 Å². The van der Waals surface area contributed by atoms with Gasteiger partial charge in [-0.2, -0.15) is 0 Å². The van der Waals surface area contributed by atoms with Crippen LogP contribution in [0.2, 0.25) is 0 Å². The molecule has 0 N–H and O–H groups in total. The fourth-order valence-corrected chi connectivity index (χ4v) is 4.42. The minimum atomic E-state index is -0.0737. The standard InChI is InChI=1S/C13H22OS/c1-11(2)9(12(11,3)4)10(14)13(5)7-6-8-15-13/h9H,6-8H2,1-5H3. The molecular formula is C13H22OS. The molecule has 0 aromatic rings. The predicted octanol–water partition coefficient (Wildman–Crippen LogP) is 3.52. The number of hydrogen-bond donors (Lipinski definition) is 0. The van der Waals surface area contributed by atoms with Gasteiger partial charge in [0.1, 0.15) is 0 Å². The zero-order chi connectivity index (χ0) is 11.5. The Bertz CT molecular complexity index is 284. The van der Waals surface area contributed by atoms with E-state index in [-0.39, 0.29) is 21.5 Å². The molecule has 0 aromatic heterocycles. The van der Waals surface area contributed by atoms with E-state index in [1.165, 1.54) is 6.42 Å². The van der Waals surface area contributed by atoms with Crippen LogP contribution in [-0.2, 0) is 4.79 Å². The van der Waals surface area contributed by atoms with Crippen LogP contribution >= 0.6 is 11.8 Å². The molecule has 0 radical (unpaired) electrons. The van der Waals surface area contributed by atoms with Gasteiger partial charge in [0, 0.05) is 5.92 Å². The summed E-state index contributed by atoms with van der Waals surface area (Å²) in [6.07, 6.45) is 2.29. The van der Waals surface area contributed by atoms with Gasteiger partial charge in [-0.3, -0.25) is 4.79 Å². The van der Waals surface area contributed by atoms with E-state index in [1.807, 2.05) is 11.8 Å². The molecule has 0 bridgehead atoms. The number of rotatable bonds is 2. The van der Waals surface area contributed by atoms with Crippen molar-refractivity contribution in [3.63, 3.8) is 0 Å². The van der Waals surface area contributed by atoms with Crippen molar-refractivity contribution in [1.82, 2.24) is 0 Å². The van der Waals surface area contributed by atoms with Crippen molar-refractivity contribution in [3.8, 4) is 0 Å². The molecule has 2 fully saturated rings. The maximum atomic E-state index is 12.5. The third-order valence-electron chi connectivity index (χ3n) is 5.02. The fourth-order valence-electron chi connectivity index (χ4n) is 3.13. The quantitative estimate of drug-likeness (QED) is 0.716. The molecule has 2 aliphatic rings. The van der Waals surface area contributed by atoms with Gasteiger partial charge in [-0.1, -0.05) is 27.7 Å². The van der Waals surface area contributed by atoms with Gasteiger partial charge >= 0.3 is 0 Å². The van der Waals surface area contributed by atoms with E-state index in [4.69, 9.17) is 0 Å². The van der Waals surface area contributed by atoms with E-state index in [9.17, 15) is 4.79 Å². The van der Waals surface area contributed by atoms with Crippen molar-refractivity contribution >= 4 is 17.5 Å². The first kappa shape index (κ1) is 11.5. The molecule has 2 rings (SSSR count). The molecule has 0 aromatic carbocycles. The summed E-state index contributed by atoms with van der Waals surface area (Å²) in [5.74, 6) is 1.95. The van der Waals surface area contributed by atoms with Crippen LogP contribution in [0.15, 0.2) is 0 Å². The largest absolute Gasteiger partial charge is 0.298 e. The van der Waals surface area contributed by atoms with E-state index in [0.29, 0.717) is 5.78 Å². The number of carbonyl (C=O) groups excluding carboxylic acids is 1. The molecule has 1 saturated heterocycles. The average Bonchev–Trinajstić information content (AvgIpc) is 2.51. The number of thioether (sulfide) groups is 1. The summed E-state index contributed by atoms with van der Waals surface area (Å²) in [6, 6.07) is 0. The second-order valence-corrected chi connectivity index (χ2v) is 8.02. The Morgan fingerprint density at radius 2 is 1.67 bits per heavy atom. The molecule has 86 valence electrons. The second kappa shape index (κ2) is 3.03. The molecule has 1 heterocycles. The van der Waals surface area contributed by atoms with Crippen LogP contribution in [-0.4, -0.2) is 16.3 Å². The van der Waals surface area contributed by atoms with Crippen molar-refractivity contribution in [2.24, 2.45) is 16.7 Å². The minimum Gasteiger partial charge on any atom is -0.298 e. The van der Waals surface area contributed by atoms with Gasteiger partial charge in [0.05, 0.1) is 4.75 Å². The Balaban J connectivity index is 2.18. The third-order valence-corrected chi connectivity index (χ3v) is 6.56. The SMILES string of the molecule is CC1(C(=O)C2C(C)(C)C2(C)C)CCCS1. The molecule has 1 aliphatic heterocycles. The smallest absolute Gasteiger partial charge is 0.152 e. The molecule has 1 unspecified atom stereocenters.